The van der Waals surface area contributed by atoms with E-state index in [0.717, 1.165) is 12.8 Å². The Bertz CT molecular complexity index is 873. The van der Waals surface area contributed by atoms with Gasteiger partial charge in [0.1, 0.15) is 5.75 Å². The number of sulfonamides is 1. The van der Waals surface area contributed by atoms with Crippen LogP contribution in [-0.4, -0.2) is 74.5 Å². The summed E-state index contributed by atoms with van der Waals surface area (Å²) in [6, 6.07) is 6.67. The molecule has 2 aliphatic rings. The Labute approximate surface area is 178 Å². The van der Waals surface area contributed by atoms with Gasteiger partial charge < -0.3 is 15.0 Å². The molecule has 9 heteroatoms. The van der Waals surface area contributed by atoms with Gasteiger partial charge in [0.05, 0.1) is 24.3 Å². The molecule has 2 fully saturated rings. The number of hydrogen-bond donors (Lipinski definition) is 1. The molecule has 1 N–H and O–H groups in total. The number of para-hydroxylation sites is 1. The van der Waals surface area contributed by atoms with E-state index in [0.29, 0.717) is 43.9 Å². The molecule has 1 aliphatic carbocycles. The van der Waals surface area contributed by atoms with Crippen LogP contribution in [0.3, 0.4) is 0 Å². The summed E-state index contributed by atoms with van der Waals surface area (Å²) < 4.78 is 32.2. The molecular weight excluding hydrogens is 406 g/mol. The molecule has 0 spiro atoms. The van der Waals surface area contributed by atoms with Crippen molar-refractivity contribution in [1.29, 1.82) is 0 Å². The summed E-state index contributed by atoms with van der Waals surface area (Å²) in [5.74, 6) is -0.201. The molecular formula is C21H31N3O5S. The average molecular weight is 438 g/mol. The molecule has 1 heterocycles. The van der Waals surface area contributed by atoms with Crippen molar-refractivity contribution in [2.75, 3.05) is 39.0 Å². The van der Waals surface area contributed by atoms with Crippen LogP contribution in [0, 0.1) is 5.92 Å². The van der Waals surface area contributed by atoms with Crippen molar-refractivity contribution in [3.8, 4) is 5.75 Å². The number of benzene rings is 1. The summed E-state index contributed by atoms with van der Waals surface area (Å²) in [5, 5.41) is 2.91. The molecule has 0 radical (unpaired) electrons. The maximum Gasteiger partial charge on any atom is 0.257 e. The van der Waals surface area contributed by atoms with Crippen molar-refractivity contribution in [3.63, 3.8) is 0 Å². The summed E-state index contributed by atoms with van der Waals surface area (Å²) in [4.78, 5) is 27.6. The standard InChI is InChI=1S/C21H31N3O5S/c1-3-29-19-11-7-5-9-17(19)21(26)23-13-12-22-20(25)16-8-4-6-10-18(16)24(15-14-23)30(2,27)28/h5,7,9,11,16,18H,3-4,6,8,10,12-15H2,1-2H3,(H,22,25). The van der Waals surface area contributed by atoms with Crippen molar-refractivity contribution >= 4 is 21.8 Å². The molecule has 30 heavy (non-hydrogen) atoms. The highest BCUT2D eigenvalue weighted by atomic mass is 32.2. The molecule has 0 bridgehead atoms. The summed E-state index contributed by atoms with van der Waals surface area (Å²) in [5.41, 5.74) is 0.434. The van der Waals surface area contributed by atoms with E-state index in [2.05, 4.69) is 5.32 Å². The molecule has 1 saturated heterocycles. The van der Waals surface area contributed by atoms with Crippen LogP contribution in [0.4, 0.5) is 0 Å². The van der Waals surface area contributed by atoms with Gasteiger partial charge in [-0.05, 0) is 31.9 Å². The minimum atomic E-state index is -3.53. The van der Waals surface area contributed by atoms with Gasteiger partial charge in [-0.3, -0.25) is 9.59 Å². The number of hydrogen-bond acceptors (Lipinski definition) is 5. The summed E-state index contributed by atoms with van der Waals surface area (Å²) in [7, 11) is -3.53. The summed E-state index contributed by atoms with van der Waals surface area (Å²) >= 11 is 0. The minimum absolute atomic E-state index is 0.127. The number of ether oxygens (including phenoxy) is 1. The first-order valence-electron chi connectivity index (χ1n) is 10.6. The van der Waals surface area contributed by atoms with Crippen LogP contribution in [0.15, 0.2) is 24.3 Å². The van der Waals surface area contributed by atoms with Gasteiger partial charge in [0.25, 0.3) is 5.91 Å². The molecule has 8 nitrogen and oxygen atoms in total. The maximum atomic E-state index is 13.2. The van der Waals surface area contributed by atoms with Crippen LogP contribution in [0.1, 0.15) is 43.0 Å². The normalized spacial score (nSPS) is 23.9. The Balaban J connectivity index is 1.87. The van der Waals surface area contributed by atoms with Gasteiger partial charge in [-0.1, -0.05) is 25.0 Å². The molecule has 1 aliphatic heterocycles. The van der Waals surface area contributed by atoms with E-state index >= 15 is 0 Å². The van der Waals surface area contributed by atoms with E-state index in [4.69, 9.17) is 4.74 Å². The Kier molecular flexibility index (Phi) is 7.36. The topological polar surface area (TPSA) is 96.0 Å². The Hall–Kier alpha value is -2.13. The van der Waals surface area contributed by atoms with E-state index < -0.39 is 10.0 Å². The fourth-order valence-corrected chi connectivity index (χ4v) is 5.57. The molecule has 2 atom stereocenters. The van der Waals surface area contributed by atoms with Crippen molar-refractivity contribution in [1.82, 2.24) is 14.5 Å². The van der Waals surface area contributed by atoms with Crippen LogP contribution in [0.5, 0.6) is 5.75 Å². The zero-order chi connectivity index (χ0) is 21.7. The molecule has 166 valence electrons. The quantitative estimate of drug-likeness (QED) is 0.770. The fraction of sp³-hybridized carbons (Fsp3) is 0.619. The predicted octanol–water partition coefficient (Wildman–Crippen LogP) is 1.48. The van der Waals surface area contributed by atoms with Crippen molar-refractivity contribution < 1.29 is 22.7 Å². The van der Waals surface area contributed by atoms with Gasteiger partial charge in [0.15, 0.2) is 0 Å². The lowest BCUT2D eigenvalue weighted by molar-refractivity contribution is -0.127. The molecule has 1 aromatic rings. The van der Waals surface area contributed by atoms with E-state index in [1.807, 2.05) is 6.92 Å². The second kappa shape index (κ2) is 9.78. The maximum absolute atomic E-state index is 13.2. The SMILES string of the molecule is CCOc1ccccc1C(=O)N1CCNC(=O)C2CCCCC2N(S(C)(=O)=O)CC1. The van der Waals surface area contributed by atoms with E-state index in [1.54, 1.807) is 29.2 Å². The second-order valence-corrected chi connectivity index (χ2v) is 9.78. The number of rotatable bonds is 4. The average Bonchev–Trinajstić information content (AvgIpc) is 2.72. The lowest BCUT2D eigenvalue weighted by atomic mass is 9.83. The zero-order valence-electron chi connectivity index (χ0n) is 17.7. The van der Waals surface area contributed by atoms with Gasteiger partial charge >= 0.3 is 0 Å². The monoisotopic (exact) mass is 437 g/mol. The molecule has 0 aromatic heterocycles. The second-order valence-electron chi connectivity index (χ2n) is 7.84. The van der Waals surface area contributed by atoms with Crippen molar-refractivity contribution in [3.05, 3.63) is 29.8 Å². The van der Waals surface area contributed by atoms with Gasteiger partial charge in [-0.25, -0.2) is 8.42 Å². The highest BCUT2D eigenvalue weighted by Gasteiger charge is 2.39. The predicted molar refractivity (Wildman–Crippen MR) is 114 cm³/mol. The van der Waals surface area contributed by atoms with Crippen LogP contribution in [-0.2, 0) is 14.8 Å². The van der Waals surface area contributed by atoms with Gasteiger partial charge in [-0.15, -0.1) is 0 Å². The van der Waals surface area contributed by atoms with Gasteiger partial charge in [-0.2, -0.15) is 4.31 Å². The van der Waals surface area contributed by atoms with Gasteiger partial charge in [0.2, 0.25) is 15.9 Å². The lowest BCUT2D eigenvalue weighted by Gasteiger charge is -2.39. The highest BCUT2D eigenvalue weighted by molar-refractivity contribution is 7.88. The van der Waals surface area contributed by atoms with Crippen LogP contribution < -0.4 is 10.1 Å². The van der Waals surface area contributed by atoms with Crippen LogP contribution in [0.2, 0.25) is 0 Å². The number of fused-ring (bicyclic) bond motifs is 1. The minimum Gasteiger partial charge on any atom is -0.493 e. The molecule has 2 amide bonds. The van der Waals surface area contributed by atoms with Crippen LogP contribution >= 0.6 is 0 Å². The number of carbonyl (C=O) groups is 2. The number of amides is 2. The van der Waals surface area contributed by atoms with Crippen LogP contribution in [0.25, 0.3) is 0 Å². The first-order valence-corrected chi connectivity index (χ1v) is 12.4. The van der Waals surface area contributed by atoms with Crippen molar-refractivity contribution in [2.45, 2.75) is 38.6 Å². The summed E-state index contributed by atoms with van der Waals surface area (Å²) in [6.45, 7) is 3.36. The Morgan fingerprint density at radius 2 is 1.90 bits per heavy atom. The van der Waals surface area contributed by atoms with Gasteiger partial charge in [0, 0.05) is 32.2 Å². The largest absolute Gasteiger partial charge is 0.493 e. The third kappa shape index (κ3) is 5.13. The summed E-state index contributed by atoms with van der Waals surface area (Å²) in [6.07, 6.45) is 4.34. The van der Waals surface area contributed by atoms with E-state index in [1.165, 1.54) is 10.6 Å². The Morgan fingerprint density at radius 1 is 1.17 bits per heavy atom. The molecule has 3 rings (SSSR count). The first kappa shape index (κ1) is 22.6. The van der Waals surface area contributed by atoms with Crippen molar-refractivity contribution in [2.24, 2.45) is 5.92 Å². The first-order chi connectivity index (χ1) is 14.3. The fourth-order valence-electron chi connectivity index (χ4n) is 4.41. The smallest absolute Gasteiger partial charge is 0.257 e. The lowest BCUT2D eigenvalue weighted by Crippen LogP contribution is -2.55. The van der Waals surface area contributed by atoms with E-state index in [-0.39, 0.29) is 36.9 Å². The zero-order valence-corrected chi connectivity index (χ0v) is 18.5. The molecule has 2 unspecified atom stereocenters. The highest BCUT2D eigenvalue weighted by Crippen LogP contribution is 2.30. The molecule has 1 aromatic carbocycles. The van der Waals surface area contributed by atoms with E-state index in [9.17, 15) is 18.0 Å². The third-order valence-electron chi connectivity index (χ3n) is 5.84. The Morgan fingerprint density at radius 3 is 2.63 bits per heavy atom. The number of nitrogens with one attached hydrogen (secondary N) is 1. The molecule has 1 saturated carbocycles. The third-order valence-corrected chi connectivity index (χ3v) is 7.14. The number of carbonyl (C=O) groups excluding carboxylic acids is 2. The number of nitrogens with zero attached hydrogens (tertiary/aromatic N) is 2.